The van der Waals surface area contributed by atoms with Crippen LogP contribution in [-0.2, 0) is 29.0 Å². The summed E-state index contributed by atoms with van der Waals surface area (Å²) < 4.78 is 0.944. The van der Waals surface area contributed by atoms with Crippen molar-refractivity contribution in [3.63, 3.8) is 0 Å². The van der Waals surface area contributed by atoms with E-state index in [1.165, 1.54) is 0 Å². The van der Waals surface area contributed by atoms with Crippen LogP contribution in [0.2, 0.25) is 0 Å². The second-order valence-corrected chi connectivity index (χ2v) is 9.57. The number of hydrogen-bond acceptors (Lipinski definition) is 2. The van der Waals surface area contributed by atoms with Gasteiger partial charge in [0.2, 0.25) is 11.8 Å². The Morgan fingerprint density at radius 2 is 1.45 bits per heavy atom. The smallest absolute Gasteiger partial charge is 0.243 e. The molecule has 3 aromatic carbocycles. The largest absolute Gasteiger partial charge is 0.354 e. The summed E-state index contributed by atoms with van der Waals surface area (Å²) in [5.74, 6) is 0.135. The van der Waals surface area contributed by atoms with Crippen molar-refractivity contribution in [3.05, 3.63) is 106 Å². The van der Waals surface area contributed by atoms with E-state index in [2.05, 4.69) is 35.1 Å². The van der Waals surface area contributed by atoms with E-state index in [1.54, 1.807) is 4.90 Å². The Labute approximate surface area is 205 Å². The molecule has 0 aliphatic heterocycles. The molecular formula is C28H31BrN2O2. The van der Waals surface area contributed by atoms with Gasteiger partial charge in [-0.2, -0.15) is 0 Å². The molecule has 0 radical (unpaired) electrons. The lowest BCUT2D eigenvalue weighted by molar-refractivity contribution is -0.140. The van der Waals surface area contributed by atoms with Crippen LogP contribution in [0.1, 0.15) is 30.5 Å². The van der Waals surface area contributed by atoms with Gasteiger partial charge in [-0.25, -0.2) is 0 Å². The number of benzene rings is 3. The number of amides is 2. The maximum Gasteiger partial charge on any atom is 0.243 e. The summed E-state index contributed by atoms with van der Waals surface area (Å²) in [6.07, 6.45) is 0.705. The molecule has 3 aromatic rings. The van der Waals surface area contributed by atoms with E-state index in [4.69, 9.17) is 0 Å². The third-order valence-corrected chi connectivity index (χ3v) is 5.89. The number of carbonyl (C=O) groups excluding carboxylic acids is 2. The van der Waals surface area contributed by atoms with E-state index < -0.39 is 6.04 Å². The second kappa shape index (κ2) is 12.4. The van der Waals surface area contributed by atoms with Gasteiger partial charge in [-0.15, -0.1) is 0 Å². The van der Waals surface area contributed by atoms with Gasteiger partial charge in [0, 0.05) is 24.0 Å². The summed E-state index contributed by atoms with van der Waals surface area (Å²) in [6.45, 7) is 5.05. The highest BCUT2D eigenvalue weighted by atomic mass is 79.9. The first-order valence-corrected chi connectivity index (χ1v) is 12.1. The van der Waals surface area contributed by atoms with Gasteiger partial charge in [0.25, 0.3) is 0 Å². The van der Waals surface area contributed by atoms with Crippen LogP contribution in [0, 0.1) is 5.92 Å². The molecule has 2 amide bonds. The van der Waals surface area contributed by atoms with Gasteiger partial charge in [-0.05, 0) is 34.7 Å². The summed E-state index contributed by atoms with van der Waals surface area (Å²) in [5.41, 5.74) is 2.93. The average Bonchev–Trinajstić information content (AvgIpc) is 2.81. The van der Waals surface area contributed by atoms with Gasteiger partial charge in [0.05, 0.1) is 6.42 Å². The van der Waals surface area contributed by atoms with Gasteiger partial charge in [0.1, 0.15) is 6.04 Å². The van der Waals surface area contributed by atoms with Crippen LogP contribution in [0.4, 0.5) is 0 Å². The lowest BCUT2D eigenvalue weighted by Gasteiger charge is -2.32. The fraction of sp³-hybridized carbons (Fsp3) is 0.286. The molecule has 4 nitrogen and oxygen atoms in total. The Morgan fingerprint density at radius 1 is 0.848 bits per heavy atom. The summed E-state index contributed by atoms with van der Waals surface area (Å²) in [6, 6.07) is 26.8. The fourth-order valence-corrected chi connectivity index (χ4v) is 4.13. The first-order chi connectivity index (χ1) is 15.9. The van der Waals surface area contributed by atoms with E-state index >= 15 is 0 Å². The third-order valence-electron chi connectivity index (χ3n) is 5.40. The van der Waals surface area contributed by atoms with E-state index in [-0.39, 0.29) is 18.2 Å². The van der Waals surface area contributed by atoms with Crippen LogP contribution in [0.15, 0.2) is 89.4 Å². The number of halogens is 1. The number of carbonyl (C=O) groups is 2. The molecule has 0 saturated heterocycles. The van der Waals surface area contributed by atoms with E-state index in [0.29, 0.717) is 25.4 Å². The van der Waals surface area contributed by atoms with Gasteiger partial charge in [-0.1, -0.05) is 103 Å². The van der Waals surface area contributed by atoms with Crippen molar-refractivity contribution >= 4 is 27.7 Å². The molecule has 0 bridgehead atoms. The van der Waals surface area contributed by atoms with Crippen molar-refractivity contribution in [2.24, 2.45) is 5.92 Å². The molecule has 33 heavy (non-hydrogen) atoms. The summed E-state index contributed by atoms with van der Waals surface area (Å²) in [5, 5.41) is 3.06. The molecule has 0 aliphatic carbocycles. The molecular weight excluding hydrogens is 476 g/mol. The lowest BCUT2D eigenvalue weighted by atomic mass is 10.0. The monoisotopic (exact) mass is 506 g/mol. The molecule has 1 atom stereocenters. The highest BCUT2D eigenvalue weighted by Gasteiger charge is 2.30. The number of rotatable bonds is 10. The minimum absolute atomic E-state index is 0.0678. The maximum absolute atomic E-state index is 13.6. The summed E-state index contributed by atoms with van der Waals surface area (Å²) in [4.78, 5) is 28.7. The second-order valence-electron chi connectivity index (χ2n) is 8.66. The summed E-state index contributed by atoms with van der Waals surface area (Å²) in [7, 11) is 0. The van der Waals surface area contributed by atoms with Crippen molar-refractivity contribution in [1.29, 1.82) is 0 Å². The van der Waals surface area contributed by atoms with Crippen LogP contribution in [0.25, 0.3) is 0 Å². The van der Waals surface area contributed by atoms with Crippen LogP contribution >= 0.6 is 15.9 Å². The molecule has 5 heteroatoms. The van der Waals surface area contributed by atoms with Gasteiger partial charge >= 0.3 is 0 Å². The van der Waals surface area contributed by atoms with E-state index in [0.717, 1.165) is 21.2 Å². The Morgan fingerprint density at radius 3 is 2.06 bits per heavy atom. The Hall–Kier alpha value is -2.92. The third kappa shape index (κ3) is 7.86. The Bertz CT molecular complexity index is 1040. The predicted octanol–water partition coefficient (Wildman–Crippen LogP) is 5.40. The van der Waals surface area contributed by atoms with Crippen LogP contribution in [0.3, 0.4) is 0 Å². The van der Waals surface area contributed by atoms with Crippen molar-refractivity contribution in [2.45, 2.75) is 39.3 Å². The molecule has 0 unspecified atom stereocenters. The van der Waals surface area contributed by atoms with Crippen molar-refractivity contribution in [2.75, 3.05) is 6.54 Å². The maximum atomic E-state index is 13.6. The highest BCUT2D eigenvalue weighted by molar-refractivity contribution is 9.10. The number of nitrogens with zero attached hydrogens (tertiary/aromatic N) is 1. The number of nitrogens with one attached hydrogen (secondary N) is 1. The zero-order valence-electron chi connectivity index (χ0n) is 19.2. The normalized spacial score (nSPS) is 11.8. The standard InChI is InChI=1S/C28H31BrN2O2/c1-21(2)19-30-28(33)26(17-22-10-5-3-6-11-22)31(20-24-14-9-15-25(29)16-24)27(32)18-23-12-7-4-8-13-23/h3-16,21,26H,17-20H2,1-2H3,(H,30,33)/t26-/m0/s1. The van der Waals surface area contributed by atoms with Crippen molar-refractivity contribution in [3.8, 4) is 0 Å². The van der Waals surface area contributed by atoms with Crippen LogP contribution < -0.4 is 5.32 Å². The number of hydrogen-bond donors (Lipinski definition) is 1. The van der Waals surface area contributed by atoms with Gasteiger partial charge in [-0.3, -0.25) is 9.59 Å². The van der Waals surface area contributed by atoms with Gasteiger partial charge in [0.15, 0.2) is 0 Å². The van der Waals surface area contributed by atoms with E-state index in [1.807, 2.05) is 84.9 Å². The highest BCUT2D eigenvalue weighted by Crippen LogP contribution is 2.19. The summed E-state index contributed by atoms with van der Waals surface area (Å²) >= 11 is 3.52. The zero-order chi connectivity index (χ0) is 23.6. The molecule has 0 spiro atoms. The molecule has 0 aliphatic rings. The minimum atomic E-state index is -0.610. The topological polar surface area (TPSA) is 49.4 Å². The first kappa shape index (κ1) is 24.7. The van der Waals surface area contributed by atoms with Crippen molar-refractivity contribution < 1.29 is 9.59 Å². The Balaban J connectivity index is 1.94. The fourth-order valence-electron chi connectivity index (χ4n) is 3.68. The van der Waals surface area contributed by atoms with Crippen LogP contribution in [-0.4, -0.2) is 29.3 Å². The van der Waals surface area contributed by atoms with Gasteiger partial charge < -0.3 is 10.2 Å². The quantitative estimate of drug-likeness (QED) is 0.399. The van der Waals surface area contributed by atoms with E-state index in [9.17, 15) is 9.59 Å². The molecule has 0 saturated carbocycles. The Kier molecular flexibility index (Phi) is 9.25. The van der Waals surface area contributed by atoms with Crippen LogP contribution in [0.5, 0.6) is 0 Å². The SMILES string of the molecule is CC(C)CNC(=O)[C@H](Cc1ccccc1)N(Cc1cccc(Br)c1)C(=O)Cc1ccccc1. The molecule has 1 N–H and O–H groups in total. The predicted molar refractivity (Wildman–Crippen MR) is 137 cm³/mol. The molecule has 172 valence electrons. The minimum Gasteiger partial charge on any atom is -0.354 e. The lowest BCUT2D eigenvalue weighted by Crippen LogP contribution is -2.51. The molecule has 0 fully saturated rings. The average molecular weight is 507 g/mol. The first-order valence-electron chi connectivity index (χ1n) is 11.3. The molecule has 0 heterocycles. The molecule has 0 aromatic heterocycles. The van der Waals surface area contributed by atoms with Crippen molar-refractivity contribution in [1.82, 2.24) is 10.2 Å². The zero-order valence-corrected chi connectivity index (χ0v) is 20.8. The molecule has 3 rings (SSSR count).